The standard InChI is InChI=1S/C13H18IN3O/c14-8-11-7-13(10-18-11)1-5-17(6-2-13)12-9-15-3-4-16-12/h3-4,9,11H,1-2,5-8,10H2. The monoisotopic (exact) mass is 359 g/mol. The van der Waals surface area contributed by atoms with Crippen LogP contribution in [0.4, 0.5) is 5.82 Å². The van der Waals surface area contributed by atoms with E-state index in [-0.39, 0.29) is 0 Å². The normalized spacial score (nSPS) is 26.7. The third-order valence-corrected chi connectivity index (χ3v) is 5.14. The fraction of sp³-hybridized carbons (Fsp3) is 0.692. The van der Waals surface area contributed by atoms with Crippen molar-refractivity contribution in [2.75, 3.05) is 29.0 Å². The number of hydrogen-bond acceptors (Lipinski definition) is 4. The number of piperidine rings is 1. The van der Waals surface area contributed by atoms with E-state index in [4.69, 9.17) is 4.74 Å². The third kappa shape index (κ3) is 2.47. The molecule has 18 heavy (non-hydrogen) atoms. The molecule has 5 heteroatoms. The van der Waals surface area contributed by atoms with Gasteiger partial charge in [-0.3, -0.25) is 4.98 Å². The van der Waals surface area contributed by atoms with Gasteiger partial charge in [0.25, 0.3) is 0 Å². The SMILES string of the molecule is ICC1CC2(CCN(c3cnccn3)CC2)CO1. The van der Waals surface area contributed by atoms with Crippen molar-refractivity contribution in [3.05, 3.63) is 18.6 Å². The predicted octanol–water partition coefficient (Wildman–Crippen LogP) is 2.29. The molecule has 2 saturated heterocycles. The van der Waals surface area contributed by atoms with E-state index in [1.54, 1.807) is 12.4 Å². The van der Waals surface area contributed by atoms with Crippen molar-refractivity contribution in [1.29, 1.82) is 0 Å². The highest BCUT2D eigenvalue weighted by atomic mass is 127. The summed E-state index contributed by atoms with van der Waals surface area (Å²) in [5, 5.41) is 0. The fourth-order valence-corrected chi connectivity index (χ4v) is 3.57. The molecule has 2 fully saturated rings. The van der Waals surface area contributed by atoms with E-state index in [2.05, 4.69) is 37.5 Å². The van der Waals surface area contributed by atoms with Gasteiger partial charge in [0.05, 0.1) is 18.9 Å². The first-order chi connectivity index (χ1) is 8.81. The lowest BCUT2D eigenvalue weighted by Crippen LogP contribution is -2.41. The van der Waals surface area contributed by atoms with Crippen molar-refractivity contribution in [3.8, 4) is 0 Å². The van der Waals surface area contributed by atoms with E-state index >= 15 is 0 Å². The molecule has 0 amide bonds. The minimum atomic E-state index is 0.439. The van der Waals surface area contributed by atoms with Crippen LogP contribution in [0.5, 0.6) is 0 Å². The summed E-state index contributed by atoms with van der Waals surface area (Å²) in [7, 11) is 0. The summed E-state index contributed by atoms with van der Waals surface area (Å²) in [5.41, 5.74) is 0.439. The van der Waals surface area contributed by atoms with E-state index in [9.17, 15) is 0 Å². The zero-order valence-corrected chi connectivity index (χ0v) is 12.5. The van der Waals surface area contributed by atoms with Gasteiger partial charge in [0.2, 0.25) is 0 Å². The summed E-state index contributed by atoms with van der Waals surface area (Å²) in [6.45, 7) is 3.11. The number of anilines is 1. The molecule has 3 rings (SSSR count). The lowest BCUT2D eigenvalue weighted by Gasteiger charge is -2.38. The first-order valence-electron chi connectivity index (χ1n) is 6.50. The van der Waals surface area contributed by atoms with Gasteiger partial charge >= 0.3 is 0 Å². The number of halogens is 1. The third-order valence-electron chi connectivity index (χ3n) is 4.16. The summed E-state index contributed by atoms with van der Waals surface area (Å²) in [6, 6.07) is 0. The largest absolute Gasteiger partial charge is 0.377 e. The fourth-order valence-electron chi connectivity index (χ4n) is 3.01. The Morgan fingerprint density at radius 1 is 1.39 bits per heavy atom. The van der Waals surface area contributed by atoms with Crippen molar-refractivity contribution in [3.63, 3.8) is 0 Å². The lowest BCUT2D eigenvalue weighted by molar-refractivity contribution is 0.101. The van der Waals surface area contributed by atoms with Crippen LogP contribution in [-0.4, -0.2) is 40.2 Å². The van der Waals surface area contributed by atoms with Gasteiger partial charge in [-0.05, 0) is 24.7 Å². The Bertz CT molecular complexity index is 392. The van der Waals surface area contributed by atoms with Gasteiger partial charge in [-0.1, -0.05) is 22.6 Å². The van der Waals surface area contributed by atoms with Crippen molar-refractivity contribution in [2.24, 2.45) is 5.41 Å². The molecule has 3 heterocycles. The molecule has 2 aliphatic heterocycles. The zero-order chi connectivity index (χ0) is 12.4. The second-order valence-corrected chi connectivity index (χ2v) is 6.22. The smallest absolute Gasteiger partial charge is 0.147 e. The molecule has 4 nitrogen and oxygen atoms in total. The Kier molecular flexibility index (Phi) is 3.70. The topological polar surface area (TPSA) is 38.2 Å². The van der Waals surface area contributed by atoms with Crippen LogP contribution >= 0.6 is 22.6 Å². The summed E-state index contributed by atoms with van der Waals surface area (Å²) >= 11 is 2.43. The molecule has 0 aliphatic carbocycles. The first-order valence-corrected chi connectivity index (χ1v) is 8.02. The molecule has 1 aromatic rings. The van der Waals surface area contributed by atoms with Crippen LogP contribution in [0.2, 0.25) is 0 Å². The number of nitrogens with zero attached hydrogens (tertiary/aromatic N) is 3. The van der Waals surface area contributed by atoms with Gasteiger partial charge in [-0.2, -0.15) is 0 Å². The zero-order valence-electron chi connectivity index (χ0n) is 10.4. The van der Waals surface area contributed by atoms with E-state index in [1.807, 2.05) is 6.20 Å². The highest BCUT2D eigenvalue weighted by Crippen LogP contribution is 2.42. The van der Waals surface area contributed by atoms with Gasteiger partial charge in [0.15, 0.2) is 0 Å². The maximum absolute atomic E-state index is 5.88. The van der Waals surface area contributed by atoms with Crippen LogP contribution in [-0.2, 0) is 4.74 Å². The molecular weight excluding hydrogens is 341 g/mol. The van der Waals surface area contributed by atoms with E-state index in [0.717, 1.165) is 29.9 Å². The van der Waals surface area contributed by atoms with E-state index in [1.165, 1.54) is 19.3 Å². The maximum Gasteiger partial charge on any atom is 0.147 e. The van der Waals surface area contributed by atoms with Crippen LogP contribution in [0.15, 0.2) is 18.6 Å². The first kappa shape index (κ1) is 12.6. The minimum absolute atomic E-state index is 0.439. The molecule has 0 aromatic carbocycles. The average Bonchev–Trinajstić information content (AvgIpc) is 2.84. The summed E-state index contributed by atoms with van der Waals surface area (Å²) in [5.74, 6) is 1.01. The molecule has 1 atom stereocenters. The van der Waals surface area contributed by atoms with Crippen LogP contribution in [0.1, 0.15) is 19.3 Å². The van der Waals surface area contributed by atoms with Crippen LogP contribution in [0.3, 0.4) is 0 Å². The average molecular weight is 359 g/mol. The molecule has 2 aliphatic rings. The highest BCUT2D eigenvalue weighted by Gasteiger charge is 2.42. The summed E-state index contributed by atoms with van der Waals surface area (Å²) < 4.78 is 7.00. The van der Waals surface area contributed by atoms with E-state index in [0.29, 0.717) is 11.5 Å². The molecular formula is C13H18IN3O. The second-order valence-electron chi connectivity index (χ2n) is 5.34. The number of hydrogen-bond donors (Lipinski definition) is 0. The predicted molar refractivity (Wildman–Crippen MR) is 79.2 cm³/mol. The number of rotatable bonds is 2. The molecule has 0 bridgehead atoms. The molecule has 1 aromatic heterocycles. The van der Waals surface area contributed by atoms with Crippen molar-refractivity contribution < 1.29 is 4.74 Å². The highest BCUT2D eigenvalue weighted by molar-refractivity contribution is 14.1. The number of aromatic nitrogens is 2. The maximum atomic E-state index is 5.88. The Balaban J connectivity index is 1.62. The number of ether oxygens (including phenoxy) is 1. The Hall–Kier alpha value is -0.430. The molecule has 98 valence electrons. The van der Waals surface area contributed by atoms with Gasteiger partial charge in [0, 0.05) is 29.9 Å². The van der Waals surface area contributed by atoms with Gasteiger partial charge in [-0.15, -0.1) is 0 Å². The molecule has 0 N–H and O–H groups in total. The molecule has 0 saturated carbocycles. The van der Waals surface area contributed by atoms with Gasteiger partial charge in [0.1, 0.15) is 5.82 Å². The Labute approximate surface area is 121 Å². The van der Waals surface area contributed by atoms with Crippen molar-refractivity contribution in [2.45, 2.75) is 25.4 Å². The minimum Gasteiger partial charge on any atom is -0.377 e. The lowest BCUT2D eigenvalue weighted by atomic mass is 9.77. The Morgan fingerprint density at radius 2 is 2.22 bits per heavy atom. The Morgan fingerprint density at radius 3 is 2.83 bits per heavy atom. The van der Waals surface area contributed by atoms with Crippen molar-refractivity contribution >= 4 is 28.4 Å². The van der Waals surface area contributed by atoms with Crippen LogP contribution < -0.4 is 4.90 Å². The quantitative estimate of drug-likeness (QED) is 0.600. The van der Waals surface area contributed by atoms with E-state index < -0.39 is 0 Å². The van der Waals surface area contributed by atoms with Crippen molar-refractivity contribution in [1.82, 2.24) is 9.97 Å². The van der Waals surface area contributed by atoms with Gasteiger partial charge < -0.3 is 9.64 Å². The van der Waals surface area contributed by atoms with Crippen LogP contribution in [0, 0.1) is 5.41 Å². The molecule has 0 radical (unpaired) electrons. The summed E-state index contributed by atoms with van der Waals surface area (Å²) in [6.07, 6.45) is 9.51. The second kappa shape index (κ2) is 5.28. The molecule has 1 unspecified atom stereocenters. The molecule has 1 spiro atoms. The summed E-state index contributed by atoms with van der Waals surface area (Å²) in [4.78, 5) is 10.9. The van der Waals surface area contributed by atoms with Gasteiger partial charge in [-0.25, -0.2) is 4.98 Å². The number of alkyl halides is 1. The van der Waals surface area contributed by atoms with Crippen LogP contribution in [0.25, 0.3) is 0 Å².